The van der Waals surface area contributed by atoms with E-state index in [0.29, 0.717) is 47.5 Å². The number of hydrogen-bond donors (Lipinski definition) is 1. The number of fused-ring (bicyclic) bond motifs is 1. The van der Waals surface area contributed by atoms with Crippen LogP contribution < -0.4 is 9.46 Å². The molecule has 0 unspecified atom stereocenters. The first-order chi connectivity index (χ1) is 13.4. The molecule has 152 valence electrons. The lowest BCUT2D eigenvalue weighted by Gasteiger charge is -2.40. The lowest BCUT2D eigenvalue weighted by Crippen LogP contribution is -2.42. The van der Waals surface area contributed by atoms with E-state index < -0.39 is 12.1 Å². The summed E-state index contributed by atoms with van der Waals surface area (Å²) in [6.45, 7) is 1.18. The molecule has 2 aliphatic rings. The van der Waals surface area contributed by atoms with Gasteiger partial charge in [0.1, 0.15) is 11.6 Å². The Morgan fingerprint density at radius 3 is 2.68 bits per heavy atom. The third-order valence-electron chi connectivity index (χ3n) is 5.19. The van der Waals surface area contributed by atoms with Crippen molar-refractivity contribution in [2.24, 2.45) is 5.92 Å². The number of likely N-dealkylation sites (tertiary alicyclic amines) is 1. The van der Waals surface area contributed by atoms with Crippen LogP contribution in [0.15, 0.2) is 28.6 Å². The number of rotatable bonds is 4. The number of nitrogens with one attached hydrogen (secondary N) is 1. The van der Waals surface area contributed by atoms with E-state index in [1.165, 1.54) is 17.4 Å². The largest absolute Gasteiger partial charge is 0.493 e. The number of alkyl halides is 3. The van der Waals surface area contributed by atoms with Gasteiger partial charge in [-0.3, -0.25) is 4.90 Å². The van der Waals surface area contributed by atoms with Crippen LogP contribution in [-0.4, -0.2) is 35.8 Å². The van der Waals surface area contributed by atoms with Crippen LogP contribution in [0.2, 0.25) is 0 Å². The fourth-order valence-electron chi connectivity index (χ4n) is 3.74. The van der Waals surface area contributed by atoms with Crippen LogP contribution in [0.3, 0.4) is 0 Å². The molecular formula is C18H19F4N3OS2. The van der Waals surface area contributed by atoms with E-state index >= 15 is 0 Å². The highest BCUT2D eigenvalue weighted by Gasteiger charge is 2.42. The number of halogens is 4. The maximum atomic E-state index is 14.7. The molecule has 1 aromatic carbocycles. The fraction of sp³-hybridized carbons (Fsp3) is 0.500. The summed E-state index contributed by atoms with van der Waals surface area (Å²) in [4.78, 5) is 6.52. The van der Waals surface area contributed by atoms with Gasteiger partial charge in [0.25, 0.3) is 0 Å². The predicted octanol–water partition coefficient (Wildman–Crippen LogP) is 5.50. The van der Waals surface area contributed by atoms with Gasteiger partial charge in [-0.15, -0.1) is 11.3 Å². The fourth-order valence-corrected chi connectivity index (χ4v) is 5.00. The third-order valence-corrected chi connectivity index (χ3v) is 6.83. The second-order valence-electron chi connectivity index (χ2n) is 6.87. The average Bonchev–Trinajstić information content (AvgIpc) is 3.19. The topological polar surface area (TPSA) is 37.4 Å². The normalized spacial score (nSPS) is 21.2. The number of ether oxygens (including phenoxy) is 1. The Labute approximate surface area is 168 Å². The van der Waals surface area contributed by atoms with Gasteiger partial charge < -0.3 is 9.46 Å². The molecule has 1 atom stereocenters. The number of hydrogen-bond acceptors (Lipinski definition) is 6. The smallest absolute Gasteiger partial charge is 0.391 e. The van der Waals surface area contributed by atoms with Gasteiger partial charge in [-0.1, -0.05) is 0 Å². The van der Waals surface area contributed by atoms with Crippen LogP contribution in [0.5, 0.6) is 5.75 Å². The molecular weight excluding hydrogens is 414 g/mol. The SMILES string of the molecule is Fc1cc2c(cc1SNc1nccs1)OCC[C@@H]2N1CCC(C(F)(F)F)CC1. The first kappa shape index (κ1) is 19.8. The minimum absolute atomic E-state index is 0.0876. The molecule has 3 heterocycles. The first-order valence-corrected chi connectivity index (χ1v) is 10.7. The molecule has 1 saturated heterocycles. The van der Waals surface area contributed by atoms with Crippen molar-refractivity contribution in [3.8, 4) is 5.75 Å². The zero-order valence-electron chi connectivity index (χ0n) is 14.8. The minimum atomic E-state index is -4.14. The lowest BCUT2D eigenvalue weighted by atomic mass is 9.92. The highest BCUT2D eigenvalue weighted by molar-refractivity contribution is 8.00. The number of benzene rings is 1. The van der Waals surface area contributed by atoms with E-state index in [-0.39, 0.29) is 24.7 Å². The van der Waals surface area contributed by atoms with Crippen molar-refractivity contribution in [3.05, 3.63) is 35.1 Å². The lowest BCUT2D eigenvalue weighted by molar-refractivity contribution is -0.186. The molecule has 0 radical (unpaired) electrons. The molecule has 0 aliphatic carbocycles. The van der Waals surface area contributed by atoms with Crippen LogP contribution in [0.1, 0.15) is 30.9 Å². The maximum absolute atomic E-state index is 14.7. The molecule has 10 heteroatoms. The van der Waals surface area contributed by atoms with Crippen LogP contribution in [0.25, 0.3) is 0 Å². The van der Waals surface area contributed by atoms with E-state index in [0.717, 1.165) is 11.9 Å². The summed E-state index contributed by atoms with van der Waals surface area (Å²) in [6, 6.07) is 3.00. The van der Waals surface area contributed by atoms with Crippen molar-refractivity contribution < 1.29 is 22.3 Å². The molecule has 2 aromatic rings. The molecule has 0 spiro atoms. The van der Waals surface area contributed by atoms with Crippen LogP contribution >= 0.6 is 23.3 Å². The van der Waals surface area contributed by atoms with Crippen molar-refractivity contribution in [2.75, 3.05) is 24.4 Å². The quantitative estimate of drug-likeness (QED) is 0.509. The maximum Gasteiger partial charge on any atom is 0.391 e. The summed E-state index contributed by atoms with van der Waals surface area (Å²) in [5.41, 5.74) is 0.716. The van der Waals surface area contributed by atoms with Gasteiger partial charge in [-0.05, 0) is 50.0 Å². The van der Waals surface area contributed by atoms with E-state index in [1.54, 1.807) is 12.3 Å². The minimum Gasteiger partial charge on any atom is -0.493 e. The number of thiazole rings is 1. The van der Waals surface area contributed by atoms with Crippen molar-refractivity contribution in [3.63, 3.8) is 0 Å². The molecule has 4 nitrogen and oxygen atoms in total. The Bertz CT molecular complexity index is 808. The first-order valence-electron chi connectivity index (χ1n) is 9.01. The number of aromatic nitrogens is 1. The average molecular weight is 433 g/mol. The number of anilines is 1. The molecule has 28 heavy (non-hydrogen) atoms. The van der Waals surface area contributed by atoms with Crippen LogP contribution in [0, 0.1) is 11.7 Å². The van der Waals surface area contributed by atoms with E-state index in [4.69, 9.17) is 4.74 Å². The Balaban J connectivity index is 1.48. The second kappa shape index (κ2) is 8.08. The van der Waals surface area contributed by atoms with Crippen molar-refractivity contribution >= 4 is 28.4 Å². The summed E-state index contributed by atoms with van der Waals surface area (Å²) >= 11 is 2.54. The van der Waals surface area contributed by atoms with Gasteiger partial charge in [-0.25, -0.2) is 9.37 Å². The summed E-state index contributed by atoms with van der Waals surface area (Å²) in [7, 11) is 0. The van der Waals surface area contributed by atoms with Crippen molar-refractivity contribution in [1.82, 2.24) is 9.88 Å². The summed E-state index contributed by atoms with van der Waals surface area (Å²) in [6.07, 6.45) is -1.66. The Kier molecular flexibility index (Phi) is 5.71. The summed E-state index contributed by atoms with van der Waals surface area (Å²) < 4.78 is 62.1. The number of nitrogens with zero attached hydrogens (tertiary/aromatic N) is 2. The van der Waals surface area contributed by atoms with Gasteiger partial charge in [-0.2, -0.15) is 13.2 Å². The van der Waals surface area contributed by atoms with Gasteiger partial charge in [0.15, 0.2) is 5.13 Å². The van der Waals surface area contributed by atoms with Gasteiger partial charge in [0, 0.05) is 29.6 Å². The highest BCUT2D eigenvalue weighted by Crippen LogP contribution is 2.42. The summed E-state index contributed by atoms with van der Waals surface area (Å²) in [5.74, 6) is -1.02. The zero-order chi connectivity index (χ0) is 19.7. The summed E-state index contributed by atoms with van der Waals surface area (Å²) in [5, 5.41) is 2.50. The third kappa shape index (κ3) is 4.23. The molecule has 1 aromatic heterocycles. The molecule has 1 fully saturated rings. The van der Waals surface area contributed by atoms with E-state index in [1.807, 2.05) is 10.3 Å². The van der Waals surface area contributed by atoms with Gasteiger partial charge in [0.05, 0.1) is 17.4 Å². The van der Waals surface area contributed by atoms with Gasteiger partial charge >= 0.3 is 6.18 Å². The molecule has 0 amide bonds. The Hall–Kier alpha value is -1.52. The van der Waals surface area contributed by atoms with Gasteiger partial charge in [0.2, 0.25) is 0 Å². The van der Waals surface area contributed by atoms with E-state index in [9.17, 15) is 17.6 Å². The molecule has 0 bridgehead atoms. The monoisotopic (exact) mass is 433 g/mol. The number of piperidine rings is 1. The van der Waals surface area contributed by atoms with E-state index in [2.05, 4.69) is 9.71 Å². The predicted molar refractivity (Wildman–Crippen MR) is 101 cm³/mol. The molecule has 4 rings (SSSR count). The highest BCUT2D eigenvalue weighted by atomic mass is 32.2. The Morgan fingerprint density at radius 2 is 2.00 bits per heavy atom. The van der Waals surface area contributed by atoms with Crippen molar-refractivity contribution in [2.45, 2.75) is 36.4 Å². The second-order valence-corrected chi connectivity index (χ2v) is 8.61. The van der Waals surface area contributed by atoms with Crippen LogP contribution in [0.4, 0.5) is 22.7 Å². The standard InChI is InChI=1S/C18H19F4N3OS2/c19-13-9-12-14(25-5-1-11(2-6-25)18(20,21)22)3-7-26-15(12)10-16(13)28-24-17-23-4-8-27-17/h4,8-11,14H,1-3,5-7H2,(H,23,24)/t14-/m0/s1. The molecule has 2 aliphatic heterocycles. The molecule has 0 saturated carbocycles. The zero-order valence-corrected chi connectivity index (χ0v) is 16.5. The Morgan fingerprint density at radius 1 is 1.21 bits per heavy atom. The molecule has 1 N–H and O–H groups in total. The van der Waals surface area contributed by atoms with Crippen LogP contribution in [-0.2, 0) is 0 Å². The van der Waals surface area contributed by atoms with Crippen molar-refractivity contribution in [1.29, 1.82) is 0 Å².